The van der Waals surface area contributed by atoms with Gasteiger partial charge in [0.1, 0.15) is 12.4 Å². The summed E-state index contributed by atoms with van der Waals surface area (Å²) >= 11 is 0. The number of benzene rings is 3. The van der Waals surface area contributed by atoms with E-state index in [9.17, 15) is 20.0 Å². The van der Waals surface area contributed by atoms with Gasteiger partial charge in [0.25, 0.3) is 5.69 Å². The van der Waals surface area contributed by atoms with Crippen LogP contribution in [0.1, 0.15) is 27.2 Å². The fourth-order valence-electron chi connectivity index (χ4n) is 3.12. The minimum absolute atomic E-state index is 0.0665. The van der Waals surface area contributed by atoms with E-state index in [1.807, 2.05) is 60.7 Å². The average Bonchev–Trinajstić information content (AvgIpc) is 2.81. The van der Waals surface area contributed by atoms with Gasteiger partial charge in [-0.3, -0.25) is 10.1 Å². The number of carbonyl (C=O) groups is 1. The predicted molar refractivity (Wildman–Crippen MR) is 119 cm³/mol. The molecular formula is C25H16N2O5. The molecule has 0 saturated carbocycles. The number of nitro benzene ring substituents is 1. The first-order chi connectivity index (χ1) is 15.5. The van der Waals surface area contributed by atoms with Crippen molar-refractivity contribution >= 4 is 22.6 Å². The zero-order valence-electron chi connectivity index (χ0n) is 16.7. The SMILES string of the molecule is O=C(O)c1cc(OCc2ccccc2)c2cc(C#Cc3ccccc3)cc([N+](=O)[O-])c2n1. The van der Waals surface area contributed by atoms with Gasteiger partial charge in [-0.2, -0.15) is 0 Å². The van der Waals surface area contributed by atoms with Gasteiger partial charge in [-0.15, -0.1) is 0 Å². The number of hydrogen-bond donors (Lipinski definition) is 1. The van der Waals surface area contributed by atoms with Crippen molar-refractivity contribution in [3.8, 4) is 17.6 Å². The summed E-state index contributed by atoms with van der Waals surface area (Å²) in [5.74, 6) is 4.78. The highest BCUT2D eigenvalue weighted by molar-refractivity contribution is 5.97. The highest BCUT2D eigenvalue weighted by atomic mass is 16.6. The van der Waals surface area contributed by atoms with Crippen molar-refractivity contribution in [1.29, 1.82) is 0 Å². The van der Waals surface area contributed by atoms with Crippen LogP contribution in [0.5, 0.6) is 5.75 Å². The van der Waals surface area contributed by atoms with E-state index < -0.39 is 10.9 Å². The smallest absolute Gasteiger partial charge is 0.354 e. The van der Waals surface area contributed by atoms with Gasteiger partial charge in [-0.05, 0) is 23.8 Å². The molecular weight excluding hydrogens is 408 g/mol. The number of ether oxygens (including phenoxy) is 1. The van der Waals surface area contributed by atoms with Gasteiger partial charge in [0, 0.05) is 23.3 Å². The normalized spacial score (nSPS) is 10.2. The molecule has 1 heterocycles. The Morgan fingerprint density at radius 1 is 0.969 bits per heavy atom. The average molecular weight is 424 g/mol. The predicted octanol–water partition coefficient (Wildman–Crippen LogP) is 4.82. The molecule has 0 atom stereocenters. The Hall–Kier alpha value is -4.70. The van der Waals surface area contributed by atoms with Crippen molar-refractivity contribution in [3.63, 3.8) is 0 Å². The zero-order chi connectivity index (χ0) is 22.5. The van der Waals surface area contributed by atoms with Crippen LogP contribution in [0.4, 0.5) is 5.69 Å². The first-order valence-electron chi connectivity index (χ1n) is 9.61. The molecule has 156 valence electrons. The molecule has 0 aliphatic heterocycles. The molecule has 3 aromatic carbocycles. The summed E-state index contributed by atoms with van der Waals surface area (Å²) in [6, 6.07) is 22.7. The number of rotatable bonds is 5. The van der Waals surface area contributed by atoms with Crippen molar-refractivity contribution in [2.75, 3.05) is 0 Å². The second-order valence-corrected chi connectivity index (χ2v) is 6.85. The number of fused-ring (bicyclic) bond motifs is 1. The van der Waals surface area contributed by atoms with Crippen molar-refractivity contribution in [2.45, 2.75) is 6.61 Å². The minimum atomic E-state index is -1.31. The number of nitro groups is 1. The van der Waals surface area contributed by atoms with Gasteiger partial charge in [-0.1, -0.05) is 60.4 Å². The van der Waals surface area contributed by atoms with E-state index in [2.05, 4.69) is 16.8 Å². The summed E-state index contributed by atoms with van der Waals surface area (Å²) in [6.45, 7) is 0.159. The van der Waals surface area contributed by atoms with Crippen LogP contribution in [-0.2, 0) is 6.61 Å². The molecule has 0 amide bonds. The molecule has 4 aromatic rings. The summed E-state index contributed by atoms with van der Waals surface area (Å²) in [5.41, 5.74) is 1.27. The third-order valence-electron chi connectivity index (χ3n) is 4.63. The van der Waals surface area contributed by atoms with Crippen LogP contribution in [0.2, 0.25) is 0 Å². The largest absolute Gasteiger partial charge is 0.488 e. The maximum absolute atomic E-state index is 11.7. The Kier molecular flexibility index (Phi) is 5.77. The lowest BCUT2D eigenvalue weighted by molar-refractivity contribution is -0.383. The molecule has 0 fully saturated rings. The van der Waals surface area contributed by atoms with E-state index in [0.717, 1.165) is 11.1 Å². The second-order valence-electron chi connectivity index (χ2n) is 6.85. The third kappa shape index (κ3) is 4.55. The fourth-order valence-corrected chi connectivity index (χ4v) is 3.12. The van der Waals surface area contributed by atoms with Crippen molar-refractivity contribution < 1.29 is 19.6 Å². The lowest BCUT2D eigenvalue weighted by atomic mass is 10.1. The Labute approximate surface area is 183 Å². The van der Waals surface area contributed by atoms with Crippen LogP contribution >= 0.6 is 0 Å². The van der Waals surface area contributed by atoms with Gasteiger partial charge in [0.05, 0.1) is 10.3 Å². The Morgan fingerprint density at radius 3 is 2.28 bits per heavy atom. The molecule has 0 aliphatic rings. The molecule has 0 unspecified atom stereocenters. The van der Waals surface area contributed by atoms with Gasteiger partial charge < -0.3 is 9.84 Å². The molecule has 1 N–H and O–H groups in total. The topological polar surface area (TPSA) is 103 Å². The fraction of sp³-hybridized carbons (Fsp3) is 0.0400. The summed E-state index contributed by atoms with van der Waals surface area (Å²) in [4.78, 5) is 26.7. The van der Waals surface area contributed by atoms with E-state index in [0.29, 0.717) is 10.9 Å². The monoisotopic (exact) mass is 424 g/mol. The minimum Gasteiger partial charge on any atom is -0.488 e. The summed E-state index contributed by atoms with van der Waals surface area (Å²) < 4.78 is 5.87. The number of hydrogen-bond acceptors (Lipinski definition) is 5. The lowest BCUT2D eigenvalue weighted by Crippen LogP contribution is -2.05. The maximum atomic E-state index is 11.7. The first-order valence-corrected chi connectivity index (χ1v) is 9.61. The van der Waals surface area contributed by atoms with E-state index in [1.165, 1.54) is 12.1 Å². The van der Waals surface area contributed by atoms with E-state index in [-0.39, 0.29) is 29.3 Å². The molecule has 0 aliphatic carbocycles. The maximum Gasteiger partial charge on any atom is 0.354 e. The molecule has 4 rings (SSSR count). The molecule has 0 spiro atoms. The summed E-state index contributed by atoms with van der Waals surface area (Å²) in [6.07, 6.45) is 0. The van der Waals surface area contributed by atoms with Crippen molar-refractivity contribution in [1.82, 2.24) is 4.98 Å². The standard InChI is InChI=1S/C25H16N2O5/c28-25(29)21-15-23(32-16-18-9-5-2-6-10-18)20-13-19(12-11-17-7-3-1-4-8-17)14-22(27(30)31)24(20)26-21/h1-10,13-15H,16H2,(H,28,29). The number of non-ortho nitro benzene ring substituents is 1. The van der Waals surface area contributed by atoms with Gasteiger partial charge in [-0.25, -0.2) is 9.78 Å². The summed E-state index contributed by atoms with van der Waals surface area (Å²) in [7, 11) is 0. The highest BCUT2D eigenvalue weighted by Crippen LogP contribution is 2.33. The second kappa shape index (κ2) is 8.98. The number of pyridine rings is 1. The number of carboxylic acids is 1. The van der Waals surface area contributed by atoms with Crippen LogP contribution in [0.3, 0.4) is 0 Å². The van der Waals surface area contributed by atoms with E-state index in [4.69, 9.17) is 4.74 Å². The Bertz CT molecular complexity index is 1370. The third-order valence-corrected chi connectivity index (χ3v) is 4.63. The number of carboxylic acid groups (broad SMARTS) is 1. The Morgan fingerprint density at radius 2 is 1.62 bits per heavy atom. The molecule has 1 aromatic heterocycles. The molecule has 0 bridgehead atoms. The number of aromatic nitrogens is 1. The Balaban J connectivity index is 1.86. The van der Waals surface area contributed by atoms with Crippen molar-refractivity contribution in [2.24, 2.45) is 0 Å². The van der Waals surface area contributed by atoms with Crippen LogP contribution in [0.25, 0.3) is 10.9 Å². The summed E-state index contributed by atoms with van der Waals surface area (Å²) in [5, 5.41) is 21.5. The van der Waals surface area contributed by atoms with Crippen LogP contribution < -0.4 is 4.74 Å². The van der Waals surface area contributed by atoms with E-state index in [1.54, 1.807) is 6.07 Å². The molecule has 0 radical (unpaired) electrons. The van der Waals surface area contributed by atoms with Crippen LogP contribution in [-0.4, -0.2) is 21.0 Å². The quantitative estimate of drug-likeness (QED) is 0.280. The number of nitrogens with zero attached hydrogens (tertiary/aromatic N) is 2. The highest BCUT2D eigenvalue weighted by Gasteiger charge is 2.21. The molecule has 0 saturated heterocycles. The molecule has 7 nitrogen and oxygen atoms in total. The van der Waals surface area contributed by atoms with E-state index >= 15 is 0 Å². The van der Waals surface area contributed by atoms with Gasteiger partial charge in [0.15, 0.2) is 11.2 Å². The van der Waals surface area contributed by atoms with Gasteiger partial charge >= 0.3 is 5.97 Å². The van der Waals surface area contributed by atoms with Crippen LogP contribution in [0, 0.1) is 22.0 Å². The molecule has 32 heavy (non-hydrogen) atoms. The number of aromatic carboxylic acids is 1. The van der Waals surface area contributed by atoms with Crippen molar-refractivity contribution in [3.05, 3.63) is 111 Å². The lowest BCUT2D eigenvalue weighted by Gasteiger charge is -2.11. The van der Waals surface area contributed by atoms with Crippen LogP contribution in [0.15, 0.2) is 78.9 Å². The first kappa shape index (κ1) is 20.6. The molecule has 7 heteroatoms. The zero-order valence-corrected chi connectivity index (χ0v) is 16.7. The van der Waals surface area contributed by atoms with Gasteiger partial charge in [0.2, 0.25) is 0 Å².